The highest BCUT2D eigenvalue weighted by Gasteiger charge is 2.35. The largest absolute Gasteiger partial charge is 0.493 e. The zero-order chi connectivity index (χ0) is 19.5. The first-order valence-corrected chi connectivity index (χ1v) is 10.3. The van der Waals surface area contributed by atoms with Gasteiger partial charge in [-0.25, -0.2) is 4.99 Å². The number of amides is 1. The standard InChI is InChI=1S/C21H31N5O2/c1-25(2)20(27)13-22-21(23-15-9-11-26(14-15)16-7-8-16)24-18-10-12-28-19-6-4-3-5-17(18)19/h3-6,15-16,18H,7-14H2,1-2H3,(H2,22,23,24). The highest BCUT2D eigenvalue weighted by atomic mass is 16.5. The summed E-state index contributed by atoms with van der Waals surface area (Å²) in [5, 5.41) is 7.15. The number of nitrogens with zero attached hydrogens (tertiary/aromatic N) is 3. The third-order valence-electron chi connectivity index (χ3n) is 5.76. The van der Waals surface area contributed by atoms with Crippen molar-refractivity contribution in [1.29, 1.82) is 0 Å². The summed E-state index contributed by atoms with van der Waals surface area (Å²) < 4.78 is 5.78. The zero-order valence-corrected chi connectivity index (χ0v) is 16.9. The molecule has 0 radical (unpaired) electrons. The molecule has 2 aliphatic heterocycles. The number of guanidine groups is 1. The second-order valence-electron chi connectivity index (χ2n) is 8.18. The lowest BCUT2D eigenvalue weighted by molar-refractivity contribution is -0.127. The van der Waals surface area contributed by atoms with Crippen LogP contribution < -0.4 is 15.4 Å². The summed E-state index contributed by atoms with van der Waals surface area (Å²) in [5.41, 5.74) is 1.15. The molecule has 1 saturated carbocycles. The van der Waals surface area contributed by atoms with Gasteiger partial charge in [-0.15, -0.1) is 0 Å². The van der Waals surface area contributed by atoms with E-state index in [4.69, 9.17) is 4.74 Å². The Balaban J connectivity index is 1.45. The zero-order valence-electron chi connectivity index (χ0n) is 16.9. The van der Waals surface area contributed by atoms with E-state index in [9.17, 15) is 4.79 Å². The van der Waals surface area contributed by atoms with Crippen LogP contribution in [-0.4, -0.2) is 74.1 Å². The van der Waals surface area contributed by atoms with Crippen molar-refractivity contribution >= 4 is 11.9 Å². The van der Waals surface area contributed by atoms with Gasteiger partial charge in [0.1, 0.15) is 12.3 Å². The highest BCUT2D eigenvalue weighted by Crippen LogP contribution is 2.32. The Hall–Kier alpha value is -2.28. The minimum absolute atomic E-state index is 0.000457. The first-order valence-electron chi connectivity index (χ1n) is 10.3. The summed E-state index contributed by atoms with van der Waals surface area (Å²) >= 11 is 0. The second-order valence-corrected chi connectivity index (χ2v) is 8.18. The topological polar surface area (TPSA) is 69.2 Å². The van der Waals surface area contributed by atoms with Crippen LogP contribution in [0, 0.1) is 0 Å². The van der Waals surface area contributed by atoms with E-state index in [2.05, 4.69) is 26.6 Å². The Kier molecular flexibility index (Phi) is 5.71. The molecule has 28 heavy (non-hydrogen) atoms. The van der Waals surface area contributed by atoms with Crippen LogP contribution in [0.4, 0.5) is 0 Å². The van der Waals surface area contributed by atoms with Crippen LogP contribution in [0.15, 0.2) is 29.3 Å². The number of ether oxygens (including phenoxy) is 1. The lowest BCUT2D eigenvalue weighted by atomic mass is 10.0. The first-order chi connectivity index (χ1) is 13.6. The molecule has 0 aromatic heterocycles. The first kappa shape index (κ1) is 19.1. The normalized spacial score (nSPS) is 25.0. The number of para-hydroxylation sites is 1. The van der Waals surface area contributed by atoms with Gasteiger partial charge in [-0.05, 0) is 25.3 Å². The predicted molar refractivity (Wildman–Crippen MR) is 110 cm³/mol. The van der Waals surface area contributed by atoms with Gasteiger partial charge in [0.2, 0.25) is 5.91 Å². The van der Waals surface area contributed by atoms with E-state index in [1.165, 1.54) is 12.8 Å². The molecule has 2 heterocycles. The molecule has 1 amide bonds. The molecule has 3 aliphatic rings. The minimum Gasteiger partial charge on any atom is -0.493 e. The van der Waals surface area contributed by atoms with Crippen molar-refractivity contribution in [3.05, 3.63) is 29.8 Å². The number of fused-ring (bicyclic) bond motifs is 1. The van der Waals surface area contributed by atoms with Crippen molar-refractivity contribution < 1.29 is 9.53 Å². The fourth-order valence-corrected chi connectivity index (χ4v) is 3.95. The van der Waals surface area contributed by atoms with Crippen molar-refractivity contribution in [2.45, 2.75) is 43.8 Å². The monoisotopic (exact) mass is 385 g/mol. The van der Waals surface area contributed by atoms with Gasteiger partial charge in [-0.3, -0.25) is 9.69 Å². The van der Waals surface area contributed by atoms with E-state index in [-0.39, 0.29) is 18.5 Å². The molecule has 0 bridgehead atoms. The molecular formula is C21H31N5O2. The summed E-state index contributed by atoms with van der Waals surface area (Å²) in [7, 11) is 3.52. The van der Waals surface area contributed by atoms with Crippen molar-refractivity contribution in [3.8, 4) is 5.75 Å². The van der Waals surface area contributed by atoms with Crippen LogP contribution in [0.2, 0.25) is 0 Å². The maximum atomic E-state index is 12.1. The van der Waals surface area contributed by atoms with E-state index in [0.717, 1.165) is 49.2 Å². The molecule has 7 heteroatoms. The molecule has 2 atom stereocenters. The van der Waals surface area contributed by atoms with E-state index in [1.807, 2.05) is 18.2 Å². The Morgan fingerprint density at radius 2 is 2.04 bits per heavy atom. The lowest BCUT2D eigenvalue weighted by Gasteiger charge is -2.29. The number of carbonyl (C=O) groups is 1. The Labute approximate surface area is 167 Å². The summed E-state index contributed by atoms with van der Waals surface area (Å²) in [5.74, 6) is 1.65. The maximum Gasteiger partial charge on any atom is 0.243 e. The number of rotatable bonds is 5. The van der Waals surface area contributed by atoms with Crippen LogP contribution >= 0.6 is 0 Å². The van der Waals surface area contributed by atoms with Gasteiger partial charge in [0.05, 0.1) is 12.6 Å². The van der Waals surface area contributed by atoms with E-state index in [0.29, 0.717) is 12.6 Å². The summed E-state index contributed by atoms with van der Waals surface area (Å²) in [6, 6.07) is 9.43. The number of carbonyl (C=O) groups excluding carboxylic acids is 1. The van der Waals surface area contributed by atoms with Gasteiger partial charge in [-0.1, -0.05) is 18.2 Å². The van der Waals surface area contributed by atoms with Crippen LogP contribution in [0.3, 0.4) is 0 Å². The number of aliphatic imine (C=N–C) groups is 1. The summed E-state index contributed by atoms with van der Waals surface area (Å²) in [6.07, 6.45) is 4.66. The van der Waals surface area contributed by atoms with Gasteiger partial charge < -0.3 is 20.3 Å². The van der Waals surface area contributed by atoms with Crippen LogP contribution in [0.1, 0.15) is 37.3 Å². The van der Waals surface area contributed by atoms with Crippen molar-refractivity contribution in [1.82, 2.24) is 20.4 Å². The molecule has 1 saturated heterocycles. The van der Waals surface area contributed by atoms with Crippen LogP contribution in [0.25, 0.3) is 0 Å². The Morgan fingerprint density at radius 3 is 2.82 bits per heavy atom. The van der Waals surface area contributed by atoms with Gasteiger partial charge in [-0.2, -0.15) is 0 Å². The fourth-order valence-electron chi connectivity index (χ4n) is 3.95. The molecular weight excluding hydrogens is 354 g/mol. The number of nitrogens with one attached hydrogen (secondary N) is 2. The van der Waals surface area contributed by atoms with Gasteiger partial charge in [0, 0.05) is 51.3 Å². The Morgan fingerprint density at radius 1 is 1.21 bits per heavy atom. The molecule has 152 valence electrons. The number of hydrogen-bond donors (Lipinski definition) is 2. The number of benzene rings is 1. The number of likely N-dealkylation sites (N-methyl/N-ethyl adjacent to an activating group) is 1. The molecule has 1 aliphatic carbocycles. The molecule has 2 fully saturated rings. The highest BCUT2D eigenvalue weighted by molar-refractivity contribution is 5.85. The van der Waals surface area contributed by atoms with Gasteiger partial charge >= 0.3 is 0 Å². The van der Waals surface area contributed by atoms with Crippen molar-refractivity contribution in [3.63, 3.8) is 0 Å². The molecule has 0 spiro atoms. The fraction of sp³-hybridized carbons (Fsp3) is 0.619. The third-order valence-corrected chi connectivity index (χ3v) is 5.76. The van der Waals surface area contributed by atoms with Crippen molar-refractivity contribution in [2.75, 3.05) is 40.3 Å². The van der Waals surface area contributed by atoms with Gasteiger partial charge in [0.25, 0.3) is 0 Å². The van der Waals surface area contributed by atoms with Crippen LogP contribution in [0.5, 0.6) is 5.75 Å². The lowest BCUT2D eigenvalue weighted by Crippen LogP contribution is -2.47. The SMILES string of the molecule is CN(C)C(=O)CN=C(NC1CCN(C2CC2)C1)NC1CCOc2ccccc21. The molecule has 1 aromatic carbocycles. The van der Waals surface area contributed by atoms with Gasteiger partial charge in [0.15, 0.2) is 5.96 Å². The summed E-state index contributed by atoms with van der Waals surface area (Å²) in [4.78, 5) is 20.8. The van der Waals surface area contributed by atoms with E-state index in [1.54, 1.807) is 19.0 Å². The minimum atomic E-state index is -0.000457. The quantitative estimate of drug-likeness (QED) is 0.592. The second kappa shape index (κ2) is 8.39. The molecule has 2 N–H and O–H groups in total. The summed E-state index contributed by atoms with van der Waals surface area (Å²) in [6.45, 7) is 3.02. The Bertz CT molecular complexity index is 731. The number of likely N-dealkylation sites (tertiary alicyclic amines) is 1. The smallest absolute Gasteiger partial charge is 0.243 e. The van der Waals surface area contributed by atoms with Crippen LogP contribution in [-0.2, 0) is 4.79 Å². The molecule has 4 rings (SSSR count). The van der Waals surface area contributed by atoms with E-state index < -0.39 is 0 Å². The van der Waals surface area contributed by atoms with Crippen molar-refractivity contribution in [2.24, 2.45) is 4.99 Å². The average Bonchev–Trinajstić information content (AvgIpc) is 3.45. The third kappa shape index (κ3) is 4.58. The molecule has 7 nitrogen and oxygen atoms in total. The maximum absolute atomic E-state index is 12.1. The average molecular weight is 386 g/mol. The van der Waals surface area contributed by atoms with E-state index >= 15 is 0 Å². The number of hydrogen-bond acceptors (Lipinski definition) is 4. The predicted octanol–water partition coefficient (Wildman–Crippen LogP) is 1.37. The molecule has 1 aromatic rings. The molecule has 2 unspecified atom stereocenters.